The molecule has 0 aliphatic carbocycles. The Morgan fingerprint density at radius 3 is 1.80 bits per heavy atom. The van der Waals surface area contributed by atoms with Crippen molar-refractivity contribution in [3.63, 3.8) is 0 Å². The number of nitrogens with one attached hydrogen (secondary N) is 3. The van der Waals surface area contributed by atoms with Crippen molar-refractivity contribution in [3.8, 4) is 0 Å². The van der Waals surface area contributed by atoms with Crippen molar-refractivity contribution in [2.24, 2.45) is 11.5 Å². The van der Waals surface area contributed by atoms with E-state index in [4.69, 9.17) is 26.8 Å². The number of hydrogen-bond donors (Lipinski definition) is 9. The summed E-state index contributed by atoms with van der Waals surface area (Å²) in [4.78, 5) is 69.7. The van der Waals surface area contributed by atoms with Crippen LogP contribution in [-0.4, -0.2) is 87.4 Å². The van der Waals surface area contributed by atoms with Gasteiger partial charge in [-0.3, -0.25) is 24.0 Å². The molecule has 15 heteroatoms. The minimum Gasteiger partial charge on any atom is -0.481 e. The van der Waals surface area contributed by atoms with E-state index in [-0.39, 0.29) is 5.75 Å². The monoisotopic (exact) mass is 451 g/mol. The summed E-state index contributed by atoms with van der Waals surface area (Å²) in [6, 6.07) is -5.89. The Labute approximate surface area is 176 Å². The third-order valence-corrected chi connectivity index (χ3v) is 4.04. The highest BCUT2D eigenvalue weighted by Crippen LogP contribution is 2.02. The van der Waals surface area contributed by atoms with Crippen LogP contribution in [0.3, 0.4) is 0 Å². The van der Waals surface area contributed by atoms with E-state index in [1.165, 1.54) is 0 Å². The second-order valence-corrected chi connectivity index (χ2v) is 6.46. The molecule has 14 nitrogen and oxygen atoms in total. The molecule has 0 aromatic carbocycles. The first-order chi connectivity index (χ1) is 13.9. The molecule has 0 aliphatic rings. The number of primary amides is 1. The number of carboxylic acid groups (broad SMARTS) is 2. The van der Waals surface area contributed by atoms with Gasteiger partial charge in [0.15, 0.2) is 0 Å². The van der Waals surface area contributed by atoms with E-state index in [1.807, 2.05) is 5.32 Å². The standard InChI is InChI=1S/C15H25N5O9S/c16-6(5-30)12(25)19-8(3-10(17)22)14(27)18-7(1-2-11(23)24)13(26)20-9(4-21)15(28)29/h6-9,21,30H,1-5,16H2,(H2,17,22)(H,18,27)(H,19,25)(H,20,26)(H,23,24)(H,28,29). The molecule has 0 saturated carbocycles. The maximum absolute atomic E-state index is 12.5. The van der Waals surface area contributed by atoms with Gasteiger partial charge in [-0.05, 0) is 6.42 Å². The third kappa shape index (κ3) is 10.0. The SMILES string of the molecule is NC(=O)CC(NC(=O)C(N)CS)C(=O)NC(CCC(=O)O)C(=O)NC(CO)C(=O)O. The molecule has 0 rings (SSSR count). The summed E-state index contributed by atoms with van der Waals surface area (Å²) in [7, 11) is 0. The lowest BCUT2D eigenvalue weighted by Crippen LogP contribution is -2.58. The number of thiol groups is 1. The number of aliphatic hydroxyl groups is 1. The lowest BCUT2D eigenvalue weighted by atomic mass is 10.1. The van der Waals surface area contributed by atoms with E-state index in [0.29, 0.717) is 0 Å². The third-order valence-electron chi connectivity index (χ3n) is 3.65. The van der Waals surface area contributed by atoms with E-state index >= 15 is 0 Å². The summed E-state index contributed by atoms with van der Waals surface area (Å²) in [5.41, 5.74) is 10.5. The molecule has 4 unspecified atom stereocenters. The first-order valence-corrected chi connectivity index (χ1v) is 9.17. The number of carbonyl (C=O) groups is 6. The van der Waals surface area contributed by atoms with E-state index in [2.05, 4.69) is 23.3 Å². The van der Waals surface area contributed by atoms with Crippen LogP contribution in [0.4, 0.5) is 0 Å². The highest BCUT2D eigenvalue weighted by Gasteiger charge is 2.31. The molecule has 0 spiro atoms. The van der Waals surface area contributed by atoms with Gasteiger partial charge in [0.05, 0.1) is 19.1 Å². The lowest BCUT2D eigenvalue weighted by molar-refractivity contribution is -0.144. The zero-order valence-corrected chi connectivity index (χ0v) is 16.6. The van der Waals surface area contributed by atoms with Crippen LogP contribution in [-0.2, 0) is 28.8 Å². The number of aliphatic hydroxyl groups excluding tert-OH is 1. The number of carbonyl (C=O) groups excluding carboxylic acids is 4. The number of amides is 4. The molecular formula is C15H25N5O9S. The number of aliphatic carboxylic acids is 2. The molecule has 0 aromatic rings. The predicted molar refractivity (Wildman–Crippen MR) is 103 cm³/mol. The summed E-state index contributed by atoms with van der Waals surface area (Å²) in [6.45, 7) is -0.956. The minimum atomic E-state index is -1.70. The summed E-state index contributed by atoms with van der Waals surface area (Å²) < 4.78 is 0. The second kappa shape index (κ2) is 13.3. The second-order valence-electron chi connectivity index (χ2n) is 6.10. The fourth-order valence-corrected chi connectivity index (χ4v) is 2.20. The molecular weight excluding hydrogens is 426 g/mol. The van der Waals surface area contributed by atoms with E-state index in [0.717, 1.165) is 0 Å². The van der Waals surface area contributed by atoms with Crippen LogP contribution in [0.15, 0.2) is 0 Å². The topological polar surface area (TPSA) is 251 Å². The average Bonchev–Trinajstić information content (AvgIpc) is 2.66. The van der Waals surface area contributed by atoms with Crippen molar-refractivity contribution in [1.82, 2.24) is 16.0 Å². The molecule has 0 fully saturated rings. The molecule has 0 aromatic heterocycles. The first-order valence-electron chi connectivity index (χ1n) is 8.54. The quantitative estimate of drug-likeness (QED) is 0.114. The van der Waals surface area contributed by atoms with Crippen LogP contribution < -0.4 is 27.4 Å². The molecule has 0 aliphatic heterocycles. The van der Waals surface area contributed by atoms with E-state index in [9.17, 15) is 28.8 Å². The molecule has 0 bridgehead atoms. The van der Waals surface area contributed by atoms with Crippen LogP contribution in [0.2, 0.25) is 0 Å². The van der Waals surface area contributed by atoms with Crippen LogP contribution in [0.1, 0.15) is 19.3 Å². The van der Waals surface area contributed by atoms with Gasteiger partial charge < -0.3 is 42.7 Å². The molecule has 0 saturated heterocycles. The Morgan fingerprint density at radius 1 is 0.867 bits per heavy atom. The fourth-order valence-electron chi connectivity index (χ4n) is 2.04. The first kappa shape index (κ1) is 27.1. The molecule has 4 atom stereocenters. The molecule has 0 radical (unpaired) electrons. The van der Waals surface area contributed by atoms with Crippen molar-refractivity contribution in [1.29, 1.82) is 0 Å². The maximum Gasteiger partial charge on any atom is 0.328 e. The Morgan fingerprint density at radius 2 is 1.37 bits per heavy atom. The molecule has 30 heavy (non-hydrogen) atoms. The molecule has 10 N–H and O–H groups in total. The van der Waals surface area contributed by atoms with E-state index in [1.54, 1.807) is 0 Å². The lowest BCUT2D eigenvalue weighted by Gasteiger charge is -2.24. The van der Waals surface area contributed by atoms with Gasteiger partial charge in [-0.1, -0.05) is 0 Å². The van der Waals surface area contributed by atoms with Gasteiger partial charge >= 0.3 is 11.9 Å². The molecule has 170 valence electrons. The Kier molecular flexibility index (Phi) is 12.0. The number of hydrogen-bond acceptors (Lipinski definition) is 9. The Bertz CT molecular complexity index is 675. The van der Waals surface area contributed by atoms with Gasteiger partial charge in [0.2, 0.25) is 23.6 Å². The summed E-state index contributed by atoms with van der Waals surface area (Å²) in [5, 5.41) is 32.9. The average molecular weight is 451 g/mol. The molecule has 4 amide bonds. The van der Waals surface area contributed by atoms with Gasteiger partial charge in [-0.25, -0.2) is 4.79 Å². The highest BCUT2D eigenvalue weighted by atomic mass is 32.1. The Balaban J connectivity index is 5.45. The van der Waals surface area contributed by atoms with Crippen LogP contribution >= 0.6 is 12.6 Å². The van der Waals surface area contributed by atoms with Gasteiger partial charge in [0, 0.05) is 12.2 Å². The van der Waals surface area contributed by atoms with Crippen LogP contribution in [0.5, 0.6) is 0 Å². The van der Waals surface area contributed by atoms with Crippen molar-refractivity contribution in [2.75, 3.05) is 12.4 Å². The fraction of sp³-hybridized carbons (Fsp3) is 0.600. The zero-order chi connectivity index (χ0) is 23.4. The Hall–Kier alpha value is -2.91. The molecule has 0 heterocycles. The summed E-state index contributed by atoms with van der Waals surface area (Å²) in [6.07, 6.45) is -1.68. The number of nitrogens with two attached hydrogens (primary N) is 2. The highest BCUT2D eigenvalue weighted by molar-refractivity contribution is 7.80. The van der Waals surface area contributed by atoms with Gasteiger partial charge in [0.1, 0.15) is 18.1 Å². The minimum absolute atomic E-state index is 0.0713. The van der Waals surface area contributed by atoms with Crippen molar-refractivity contribution < 1.29 is 44.1 Å². The number of rotatable bonds is 14. The van der Waals surface area contributed by atoms with Gasteiger partial charge in [0.25, 0.3) is 0 Å². The largest absolute Gasteiger partial charge is 0.481 e. The zero-order valence-electron chi connectivity index (χ0n) is 15.7. The van der Waals surface area contributed by atoms with Crippen molar-refractivity contribution in [3.05, 3.63) is 0 Å². The number of carboxylic acids is 2. The predicted octanol–water partition coefficient (Wildman–Crippen LogP) is -4.48. The normalized spacial score (nSPS) is 14.5. The van der Waals surface area contributed by atoms with Gasteiger partial charge in [-0.15, -0.1) is 0 Å². The van der Waals surface area contributed by atoms with E-state index < -0.39 is 85.6 Å². The van der Waals surface area contributed by atoms with Crippen molar-refractivity contribution in [2.45, 2.75) is 43.4 Å². The van der Waals surface area contributed by atoms with Crippen LogP contribution in [0, 0.1) is 0 Å². The van der Waals surface area contributed by atoms with Crippen LogP contribution in [0.25, 0.3) is 0 Å². The summed E-state index contributed by atoms with van der Waals surface area (Å²) in [5.74, 6) is -6.89. The summed E-state index contributed by atoms with van der Waals surface area (Å²) >= 11 is 3.83. The van der Waals surface area contributed by atoms with Crippen molar-refractivity contribution >= 4 is 48.2 Å². The van der Waals surface area contributed by atoms with Gasteiger partial charge in [-0.2, -0.15) is 12.6 Å². The maximum atomic E-state index is 12.5. The smallest absolute Gasteiger partial charge is 0.328 e.